The first kappa shape index (κ1) is 8.41. The van der Waals surface area contributed by atoms with E-state index >= 15 is 0 Å². The van der Waals surface area contributed by atoms with E-state index in [1.165, 1.54) is 12.8 Å². The SMILES string of the molecule is C=CC=[N+](C)CCCC. The number of hydrogen-bond donors (Lipinski definition) is 0. The molecule has 0 saturated carbocycles. The molecule has 0 aliphatic carbocycles. The van der Waals surface area contributed by atoms with Gasteiger partial charge in [-0.1, -0.05) is 19.9 Å². The molecule has 0 unspecified atom stereocenters. The Morgan fingerprint density at radius 1 is 1.56 bits per heavy atom. The monoisotopic (exact) mass is 126 g/mol. The van der Waals surface area contributed by atoms with Crippen molar-refractivity contribution < 1.29 is 4.58 Å². The van der Waals surface area contributed by atoms with Gasteiger partial charge in [-0.25, -0.2) is 4.58 Å². The van der Waals surface area contributed by atoms with Crippen LogP contribution >= 0.6 is 0 Å². The summed E-state index contributed by atoms with van der Waals surface area (Å²) in [5.74, 6) is 0. The fourth-order valence-electron chi connectivity index (χ4n) is 0.662. The second-order valence-corrected chi connectivity index (χ2v) is 2.22. The molecule has 0 radical (unpaired) electrons. The van der Waals surface area contributed by atoms with Gasteiger partial charge in [0.2, 0.25) is 0 Å². The van der Waals surface area contributed by atoms with Crippen LogP contribution in [0.5, 0.6) is 0 Å². The molecule has 0 fully saturated rings. The van der Waals surface area contributed by atoms with Gasteiger partial charge in [-0.05, 0) is 6.08 Å². The Kier molecular flexibility index (Phi) is 5.18. The van der Waals surface area contributed by atoms with Gasteiger partial charge in [-0.3, -0.25) is 0 Å². The third-order valence-corrected chi connectivity index (χ3v) is 1.22. The molecule has 0 amide bonds. The van der Waals surface area contributed by atoms with Crippen LogP contribution < -0.4 is 0 Å². The Hall–Kier alpha value is -0.590. The minimum absolute atomic E-state index is 1.14. The summed E-state index contributed by atoms with van der Waals surface area (Å²) in [6.07, 6.45) is 6.33. The van der Waals surface area contributed by atoms with E-state index in [2.05, 4.69) is 25.1 Å². The van der Waals surface area contributed by atoms with E-state index in [4.69, 9.17) is 0 Å². The summed E-state index contributed by atoms with van der Waals surface area (Å²) in [7, 11) is 2.07. The summed E-state index contributed by atoms with van der Waals surface area (Å²) in [5, 5.41) is 0. The number of nitrogens with zero attached hydrogens (tertiary/aromatic N) is 1. The van der Waals surface area contributed by atoms with E-state index in [0.29, 0.717) is 0 Å². The molecule has 0 atom stereocenters. The first-order valence-corrected chi connectivity index (χ1v) is 3.47. The molecule has 0 aliphatic heterocycles. The number of allylic oxidation sites excluding steroid dienone is 1. The first-order chi connectivity index (χ1) is 4.31. The van der Waals surface area contributed by atoms with Gasteiger partial charge in [0.15, 0.2) is 6.21 Å². The molecule has 0 rings (SSSR count). The predicted molar refractivity (Wildman–Crippen MR) is 42.2 cm³/mol. The lowest BCUT2D eigenvalue weighted by Gasteiger charge is -1.91. The molecular formula is C8H16N+. The van der Waals surface area contributed by atoms with E-state index < -0.39 is 0 Å². The van der Waals surface area contributed by atoms with Gasteiger partial charge in [0.25, 0.3) is 0 Å². The molecule has 9 heavy (non-hydrogen) atoms. The zero-order valence-corrected chi connectivity index (χ0v) is 6.43. The highest BCUT2D eigenvalue weighted by Gasteiger charge is 1.89. The van der Waals surface area contributed by atoms with E-state index in [9.17, 15) is 0 Å². The Balaban J connectivity index is 3.36. The van der Waals surface area contributed by atoms with Gasteiger partial charge in [0, 0.05) is 6.42 Å². The fourth-order valence-corrected chi connectivity index (χ4v) is 0.662. The molecule has 0 aromatic carbocycles. The summed E-state index contributed by atoms with van der Waals surface area (Å²) in [6, 6.07) is 0. The van der Waals surface area contributed by atoms with Crippen LogP contribution in [0.3, 0.4) is 0 Å². The zero-order chi connectivity index (χ0) is 7.11. The summed E-state index contributed by atoms with van der Waals surface area (Å²) in [5.41, 5.74) is 0. The third-order valence-electron chi connectivity index (χ3n) is 1.22. The van der Waals surface area contributed by atoms with Crippen LogP contribution in [0.1, 0.15) is 19.8 Å². The van der Waals surface area contributed by atoms with E-state index in [0.717, 1.165) is 6.54 Å². The highest BCUT2D eigenvalue weighted by Crippen LogP contribution is 1.84. The second-order valence-electron chi connectivity index (χ2n) is 2.22. The Labute approximate surface area is 57.7 Å². The van der Waals surface area contributed by atoms with Crippen molar-refractivity contribution in [2.75, 3.05) is 13.6 Å². The smallest absolute Gasteiger partial charge is 0.162 e. The Bertz CT molecular complexity index is 103. The number of hydrogen-bond acceptors (Lipinski definition) is 0. The molecule has 0 bridgehead atoms. The zero-order valence-electron chi connectivity index (χ0n) is 6.43. The highest BCUT2D eigenvalue weighted by molar-refractivity contribution is 5.64. The van der Waals surface area contributed by atoms with E-state index in [-0.39, 0.29) is 0 Å². The summed E-state index contributed by atoms with van der Waals surface area (Å²) in [6.45, 7) is 6.95. The molecule has 0 aromatic heterocycles. The van der Waals surface area contributed by atoms with Crippen molar-refractivity contribution in [2.24, 2.45) is 0 Å². The molecular weight excluding hydrogens is 110 g/mol. The van der Waals surface area contributed by atoms with Crippen molar-refractivity contribution in [2.45, 2.75) is 19.8 Å². The second kappa shape index (κ2) is 5.54. The Morgan fingerprint density at radius 2 is 2.22 bits per heavy atom. The highest BCUT2D eigenvalue weighted by atomic mass is 14.9. The maximum atomic E-state index is 3.61. The molecule has 0 saturated heterocycles. The molecule has 1 heteroatoms. The van der Waals surface area contributed by atoms with Crippen LogP contribution in [-0.4, -0.2) is 24.4 Å². The van der Waals surface area contributed by atoms with Crippen LogP contribution in [0.25, 0.3) is 0 Å². The van der Waals surface area contributed by atoms with Crippen molar-refractivity contribution in [3.8, 4) is 0 Å². The average molecular weight is 126 g/mol. The fraction of sp³-hybridized carbons (Fsp3) is 0.625. The lowest BCUT2D eigenvalue weighted by Crippen LogP contribution is -2.06. The van der Waals surface area contributed by atoms with E-state index in [1.54, 1.807) is 0 Å². The first-order valence-electron chi connectivity index (χ1n) is 3.47. The van der Waals surface area contributed by atoms with Crippen molar-refractivity contribution >= 4 is 6.21 Å². The largest absolute Gasteiger partial charge is 0.239 e. The summed E-state index contributed by atoms with van der Waals surface area (Å²) < 4.78 is 2.15. The molecule has 0 spiro atoms. The maximum Gasteiger partial charge on any atom is 0.162 e. The lowest BCUT2D eigenvalue weighted by atomic mass is 10.3. The number of rotatable bonds is 4. The lowest BCUT2D eigenvalue weighted by molar-refractivity contribution is -0.492. The van der Waals surface area contributed by atoms with Crippen molar-refractivity contribution in [3.63, 3.8) is 0 Å². The van der Waals surface area contributed by atoms with Crippen LogP contribution in [0, 0.1) is 0 Å². The topological polar surface area (TPSA) is 3.01 Å². The minimum atomic E-state index is 1.14. The van der Waals surface area contributed by atoms with Crippen molar-refractivity contribution in [1.29, 1.82) is 0 Å². The van der Waals surface area contributed by atoms with Crippen LogP contribution in [0.15, 0.2) is 12.7 Å². The standard InChI is InChI=1S/C8H16N/c1-4-6-8-9(3)7-5-2/h5,7H,2,4,6,8H2,1,3H3/q+1. The van der Waals surface area contributed by atoms with Crippen molar-refractivity contribution in [3.05, 3.63) is 12.7 Å². The molecule has 0 aliphatic rings. The van der Waals surface area contributed by atoms with Crippen LogP contribution in [0.4, 0.5) is 0 Å². The average Bonchev–Trinajstić information content (AvgIpc) is 1.85. The molecule has 52 valence electrons. The van der Waals surface area contributed by atoms with Gasteiger partial charge < -0.3 is 0 Å². The van der Waals surface area contributed by atoms with Gasteiger partial charge in [-0.15, -0.1) is 0 Å². The molecule has 0 N–H and O–H groups in total. The molecule has 1 nitrogen and oxygen atoms in total. The third kappa shape index (κ3) is 5.28. The Morgan fingerprint density at radius 3 is 2.67 bits per heavy atom. The summed E-state index contributed by atoms with van der Waals surface area (Å²) in [4.78, 5) is 0. The van der Waals surface area contributed by atoms with Gasteiger partial charge >= 0.3 is 0 Å². The molecule has 0 heterocycles. The maximum absolute atomic E-state index is 3.61. The van der Waals surface area contributed by atoms with E-state index in [1.807, 2.05) is 12.3 Å². The predicted octanol–water partition coefficient (Wildman–Crippen LogP) is 1.69. The quantitative estimate of drug-likeness (QED) is 0.398. The minimum Gasteiger partial charge on any atom is -0.239 e. The van der Waals surface area contributed by atoms with Crippen LogP contribution in [-0.2, 0) is 0 Å². The normalized spacial score (nSPS) is 11.6. The molecule has 0 aromatic rings. The van der Waals surface area contributed by atoms with Gasteiger partial charge in [0.1, 0.15) is 13.6 Å². The number of unbranched alkanes of at least 4 members (excludes halogenated alkanes) is 1. The van der Waals surface area contributed by atoms with Gasteiger partial charge in [0.05, 0.1) is 0 Å². The van der Waals surface area contributed by atoms with Crippen molar-refractivity contribution in [1.82, 2.24) is 0 Å². The summed E-state index contributed by atoms with van der Waals surface area (Å²) >= 11 is 0. The van der Waals surface area contributed by atoms with Gasteiger partial charge in [-0.2, -0.15) is 0 Å². The van der Waals surface area contributed by atoms with Crippen LogP contribution in [0.2, 0.25) is 0 Å².